The Balaban J connectivity index is 1.55. The number of nitrogens with zero attached hydrogens (tertiary/aromatic N) is 3. The van der Waals surface area contributed by atoms with Crippen molar-refractivity contribution in [3.8, 4) is 22.8 Å². The fourth-order valence-corrected chi connectivity index (χ4v) is 3.62. The van der Waals surface area contributed by atoms with Crippen LogP contribution in [0.3, 0.4) is 0 Å². The molecule has 0 saturated heterocycles. The zero-order chi connectivity index (χ0) is 22.1. The molecular formula is C24H18FN5O2. The highest BCUT2D eigenvalue weighted by Gasteiger charge is 2.16. The van der Waals surface area contributed by atoms with E-state index in [0.717, 1.165) is 16.6 Å². The van der Waals surface area contributed by atoms with Gasteiger partial charge in [-0.25, -0.2) is 14.4 Å². The molecule has 3 aromatic heterocycles. The molecule has 7 nitrogen and oxygen atoms in total. The van der Waals surface area contributed by atoms with Crippen LogP contribution in [0.15, 0.2) is 83.9 Å². The molecule has 0 aliphatic heterocycles. The zero-order valence-electron chi connectivity index (χ0n) is 16.8. The van der Waals surface area contributed by atoms with Crippen LogP contribution >= 0.6 is 0 Å². The number of aromatic nitrogens is 3. The van der Waals surface area contributed by atoms with Gasteiger partial charge in [0.2, 0.25) is 5.82 Å². The first-order valence-electron chi connectivity index (χ1n) is 9.90. The molecule has 158 valence electrons. The van der Waals surface area contributed by atoms with E-state index in [-0.39, 0.29) is 18.3 Å². The predicted octanol–water partition coefficient (Wildman–Crippen LogP) is 4.51. The number of imidazole rings is 1. The van der Waals surface area contributed by atoms with Gasteiger partial charge in [0.05, 0.1) is 17.9 Å². The number of carbonyl (C=O) groups excluding carboxylic acids is 1. The van der Waals surface area contributed by atoms with E-state index in [1.807, 2.05) is 34.9 Å². The summed E-state index contributed by atoms with van der Waals surface area (Å²) in [6, 6.07) is 15.0. The summed E-state index contributed by atoms with van der Waals surface area (Å²) < 4.78 is 20.5. The third kappa shape index (κ3) is 3.52. The average molecular weight is 427 g/mol. The van der Waals surface area contributed by atoms with Crippen LogP contribution in [0.5, 0.6) is 0 Å². The van der Waals surface area contributed by atoms with Crippen molar-refractivity contribution in [2.75, 3.05) is 5.32 Å². The molecule has 0 saturated carbocycles. The SMILES string of the molecule is NCc1ccc(-c2cccn3c(-c4ncco4)ncc23)cc1C(=O)Nc1ccc(F)cc1. The largest absolute Gasteiger partial charge is 0.442 e. The van der Waals surface area contributed by atoms with Gasteiger partial charge < -0.3 is 15.5 Å². The predicted molar refractivity (Wildman–Crippen MR) is 118 cm³/mol. The number of nitrogens with one attached hydrogen (secondary N) is 1. The first-order valence-corrected chi connectivity index (χ1v) is 9.90. The maximum absolute atomic E-state index is 13.2. The Kier molecular flexibility index (Phi) is 4.97. The van der Waals surface area contributed by atoms with Crippen molar-refractivity contribution in [3.05, 3.63) is 96.4 Å². The normalized spacial score (nSPS) is 11.1. The second-order valence-electron chi connectivity index (χ2n) is 7.13. The number of carbonyl (C=O) groups is 1. The first kappa shape index (κ1) is 19.7. The van der Waals surface area contributed by atoms with E-state index in [2.05, 4.69) is 15.3 Å². The molecule has 8 heteroatoms. The molecule has 0 bridgehead atoms. The Morgan fingerprint density at radius 2 is 1.97 bits per heavy atom. The standard InChI is InChI=1S/C24H18FN5O2/c25-17-5-7-18(8-6-17)29-23(31)20-12-15(3-4-16(20)13-26)19-2-1-10-30-21(19)14-28-22(30)24-27-9-11-32-24/h1-12,14H,13,26H2,(H,29,31). The van der Waals surface area contributed by atoms with Crippen molar-refractivity contribution in [2.24, 2.45) is 5.73 Å². The highest BCUT2D eigenvalue weighted by molar-refractivity contribution is 6.06. The number of hydrogen-bond acceptors (Lipinski definition) is 5. The Labute approximate surface area is 182 Å². The van der Waals surface area contributed by atoms with Crippen LogP contribution in [-0.4, -0.2) is 20.3 Å². The average Bonchev–Trinajstić information content (AvgIpc) is 3.49. The molecule has 0 aliphatic rings. The molecule has 0 unspecified atom stereocenters. The van der Waals surface area contributed by atoms with Gasteiger partial charge in [0.1, 0.15) is 12.1 Å². The second-order valence-corrected chi connectivity index (χ2v) is 7.13. The molecule has 3 heterocycles. The van der Waals surface area contributed by atoms with Crippen molar-refractivity contribution in [3.63, 3.8) is 0 Å². The molecule has 3 N–H and O–H groups in total. The Bertz CT molecular complexity index is 1410. The number of nitrogens with two attached hydrogens (primary N) is 1. The van der Waals surface area contributed by atoms with Gasteiger partial charge in [0.25, 0.3) is 11.8 Å². The van der Waals surface area contributed by atoms with Gasteiger partial charge in [-0.15, -0.1) is 0 Å². The summed E-state index contributed by atoms with van der Waals surface area (Å²) in [5.41, 5.74) is 10.1. The number of benzene rings is 2. The zero-order valence-corrected chi connectivity index (χ0v) is 16.8. The summed E-state index contributed by atoms with van der Waals surface area (Å²) in [4.78, 5) is 21.6. The summed E-state index contributed by atoms with van der Waals surface area (Å²) in [6.07, 6.45) is 6.68. The second kappa shape index (κ2) is 8.09. The number of anilines is 1. The molecule has 2 aromatic carbocycles. The van der Waals surface area contributed by atoms with Crippen molar-refractivity contribution in [2.45, 2.75) is 6.54 Å². The van der Waals surface area contributed by atoms with Gasteiger partial charge >= 0.3 is 0 Å². The third-order valence-electron chi connectivity index (χ3n) is 5.18. The van der Waals surface area contributed by atoms with Crippen LogP contribution in [0.4, 0.5) is 10.1 Å². The molecule has 5 rings (SSSR count). The molecule has 0 spiro atoms. The van der Waals surface area contributed by atoms with Gasteiger partial charge in [-0.2, -0.15) is 0 Å². The van der Waals surface area contributed by atoms with E-state index in [4.69, 9.17) is 10.2 Å². The summed E-state index contributed by atoms with van der Waals surface area (Å²) in [7, 11) is 0. The Morgan fingerprint density at radius 3 is 2.72 bits per heavy atom. The van der Waals surface area contributed by atoms with Crippen molar-refractivity contribution >= 4 is 17.1 Å². The van der Waals surface area contributed by atoms with Crippen LogP contribution in [0.25, 0.3) is 28.4 Å². The number of halogens is 1. The number of pyridine rings is 1. The molecule has 0 atom stereocenters. The van der Waals surface area contributed by atoms with E-state index >= 15 is 0 Å². The quantitative estimate of drug-likeness (QED) is 0.430. The molecule has 0 aliphatic carbocycles. The number of hydrogen-bond donors (Lipinski definition) is 2. The van der Waals surface area contributed by atoms with Crippen molar-refractivity contribution in [1.29, 1.82) is 0 Å². The molecule has 32 heavy (non-hydrogen) atoms. The van der Waals surface area contributed by atoms with Gasteiger partial charge in [-0.05, 0) is 47.5 Å². The summed E-state index contributed by atoms with van der Waals surface area (Å²) >= 11 is 0. The summed E-state index contributed by atoms with van der Waals surface area (Å²) in [5.74, 6) is 0.310. The minimum absolute atomic E-state index is 0.206. The topological polar surface area (TPSA) is 98.4 Å². The lowest BCUT2D eigenvalue weighted by Crippen LogP contribution is -2.16. The Morgan fingerprint density at radius 1 is 1.12 bits per heavy atom. The van der Waals surface area contributed by atoms with Gasteiger partial charge in [-0.1, -0.05) is 18.2 Å². The first-order chi connectivity index (χ1) is 15.6. The fraction of sp³-hybridized carbons (Fsp3) is 0.0417. The Hall–Kier alpha value is -4.30. The van der Waals surface area contributed by atoms with Crippen LogP contribution in [0.1, 0.15) is 15.9 Å². The lowest BCUT2D eigenvalue weighted by atomic mass is 9.98. The van der Waals surface area contributed by atoms with Gasteiger partial charge in [0, 0.05) is 29.6 Å². The highest BCUT2D eigenvalue weighted by atomic mass is 19.1. The monoisotopic (exact) mass is 427 g/mol. The summed E-state index contributed by atoms with van der Waals surface area (Å²) in [5, 5.41) is 2.80. The lowest BCUT2D eigenvalue weighted by Gasteiger charge is -2.12. The minimum Gasteiger partial charge on any atom is -0.442 e. The molecule has 0 radical (unpaired) electrons. The van der Waals surface area contributed by atoms with Crippen molar-refractivity contribution in [1.82, 2.24) is 14.4 Å². The fourth-order valence-electron chi connectivity index (χ4n) is 3.62. The van der Waals surface area contributed by atoms with Crippen LogP contribution in [0, 0.1) is 5.82 Å². The number of amides is 1. The van der Waals surface area contributed by atoms with Crippen LogP contribution in [-0.2, 0) is 6.54 Å². The minimum atomic E-state index is -0.370. The molecule has 1 amide bonds. The number of fused-ring (bicyclic) bond motifs is 1. The number of rotatable bonds is 5. The smallest absolute Gasteiger partial charge is 0.263 e. The van der Waals surface area contributed by atoms with Crippen LogP contribution in [0.2, 0.25) is 0 Å². The van der Waals surface area contributed by atoms with E-state index < -0.39 is 0 Å². The number of oxazole rings is 1. The van der Waals surface area contributed by atoms with E-state index in [0.29, 0.717) is 28.5 Å². The maximum atomic E-state index is 13.2. The third-order valence-corrected chi connectivity index (χ3v) is 5.18. The molecule has 5 aromatic rings. The van der Waals surface area contributed by atoms with Crippen molar-refractivity contribution < 1.29 is 13.6 Å². The van der Waals surface area contributed by atoms with Gasteiger partial charge in [-0.3, -0.25) is 9.20 Å². The molecular weight excluding hydrogens is 409 g/mol. The maximum Gasteiger partial charge on any atom is 0.263 e. The molecule has 0 fully saturated rings. The van der Waals surface area contributed by atoms with Crippen LogP contribution < -0.4 is 11.1 Å². The van der Waals surface area contributed by atoms with Gasteiger partial charge in [0.15, 0.2) is 0 Å². The van der Waals surface area contributed by atoms with E-state index in [1.54, 1.807) is 18.5 Å². The highest BCUT2D eigenvalue weighted by Crippen LogP contribution is 2.29. The van der Waals surface area contributed by atoms with E-state index in [9.17, 15) is 9.18 Å². The summed E-state index contributed by atoms with van der Waals surface area (Å²) in [6.45, 7) is 0.206. The van der Waals surface area contributed by atoms with E-state index in [1.165, 1.54) is 30.5 Å². The lowest BCUT2D eigenvalue weighted by molar-refractivity contribution is 0.102.